The molecule has 1 fully saturated rings. The van der Waals surface area contributed by atoms with E-state index in [4.69, 9.17) is 0 Å². The summed E-state index contributed by atoms with van der Waals surface area (Å²) in [4.78, 5) is 16.8. The van der Waals surface area contributed by atoms with E-state index >= 15 is 0 Å². The number of benzene rings is 1. The van der Waals surface area contributed by atoms with Gasteiger partial charge < -0.3 is 10.0 Å². The van der Waals surface area contributed by atoms with E-state index in [1.54, 1.807) is 0 Å². The van der Waals surface area contributed by atoms with Crippen LogP contribution in [0, 0.1) is 0 Å². The Bertz CT molecular complexity index is 540. The predicted octanol–water partition coefficient (Wildman–Crippen LogP) is 2.37. The van der Waals surface area contributed by atoms with Crippen LogP contribution in [-0.2, 0) is 11.2 Å². The lowest BCUT2D eigenvalue weighted by molar-refractivity contribution is -0.134. The molecule has 0 spiro atoms. The fourth-order valence-electron chi connectivity index (χ4n) is 4.06. The molecule has 1 aromatic carbocycles. The molecule has 1 amide bonds. The first-order valence-corrected chi connectivity index (χ1v) is 8.89. The number of amides is 1. The first-order valence-electron chi connectivity index (χ1n) is 8.89. The number of hydrogen-bond acceptors (Lipinski definition) is 3. The molecule has 1 aliphatic carbocycles. The fourth-order valence-corrected chi connectivity index (χ4v) is 4.06. The number of aliphatic hydroxyl groups is 1. The lowest BCUT2D eigenvalue weighted by atomic mass is 9.92. The molecule has 1 aromatic rings. The van der Waals surface area contributed by atoms with Gasteiger partial charge in [-0.2, -0.15) is 0 Å². The second-order valence-electron chi connectivity index (χ2n) is 6.91. The molecule has 1 aliphatic heterocycles. The summed E-state index contributed by atoms with van der Waals surface area (Å²) in [6, 6.07) is 8.62. The van der Waals surface area contributed by atoms with E-state index < -0.39 is 0 Å². The molecule has 1 N–H and O–H groups in total. The molecule has 1 atom stereocenters. The Kier molecular flexibility index (Phi) is 5.34. The smallest absolute Gasteiger partial charge is 0.236 e. The van der Waals surface area contributed by atoms with Crippen LogP contribution in [0.3, 0.4) is 0 Å². The normalized spacial score (nSPS) is 22.6. The molecule has 0 bridgehead atoms. The van der Waals surface area contributed by atoms with Gasteiger partial charge in [-0.3, -0.25) is 9.69 Å². The van der Waals surface area contributed by atoms with Gasteiger partial charge in [0.25, 0.3) is 0 Å². The lowest BCUT2D eigenvalue weighted by Crippen LogP contribution is -2.47. The average Bonchev–Trinajstić information content (AvgIpc) is 2.61. The van der Waals surface area contributed by atoms with Crippen molar-refractivity contribution in [2.45, 2.75) is 50.6 Å². The van der Waals surface area contributed by atoms with E-state index in [1.165, 1.54) is 30.4 Å². The maximum Gasteiger partial charge on any atom is 0.236 e. The molecule has 1 saturated carbocycles. The zero-order valence-corrected chi connectivity index (χ0v) is 14.1. The zero-order valence-electron chi connectivity index (χ0n) is 14.1. The molecule has 4 heteroatoms. The Labute approximate surface area is 139 Å². The van der Waals surface area contributed by atoms with Gasteiger partial charge in [0.05, 0.1) is 19.2 Å². The number of fused-ring (bicyclic) bond motifs is 1. The fraction of sp³-hybridized carbons (Fsp3) is 0.632. The predicted molar refractivity (Wildman–Crippen MR) is 91.2 cm³/mol. The summed E-state index contributed by atoms with van der Waals surface area (Å²) >= 11 is 0. The van der Waals surface area contributed by atoms with Crippen LogP contribution in [0.25, 0.3) is 0 Å². The van der Waals surface area contributed by atoms with E-state index in [9.17, 15) is 9.90 Å². The average molecular weight is 316 g/mol. The molecule has 3 rings (SSSR count). The van der Waals surface area contributed by atoms with Crippen molar-refractivity contribution < 1.29 is 9.90 Å². The van der Waals surface area contributed by atoms with Crippen molar-refractivity contribution in [1.29, 1.82) is 0 Å². The van der Waals surface area contributed by atoms with Gasteiger partial charge in [0.2, 0.25) is 5.91 Å². The van der Waals surface area contributed by atoms with Gasteiger partial charge in [-0.25, -0.2) is 0 Å². The van der Waals surface area contributed by atoms with E-state index in [2.05, 4.69) is 17.0 Å². The minimum Gasteiger partial charge on any atom is -0.394 e. The molecule has 4 nitrogen and oxygen atoms in total. The minimum atomic E-state index is -0.0522. The Balaban J connectivity index is 1.66. The van der Waals surface area contributed by atoms with E-state index in [0.29, 0.717) is 12.6 Å². The number of aliphatic hydroxyl groups excluding tert-OH is 1. The maximum absolute atomic E-state index is 12.7. The number of nitrogens with zero attached hydrogens (tertiary/aromatic N) is 2. The van der Waals surface area contributed by atoms with Crippen molar-refractivity contribution in [1.82, 2.24) is 9.80 Å². The Hall–Kier alpha value is -1.39. The summed E-state index contributed by atoms with van der Waals surface area (Å²) in [5.74, 6) is 0.190. The number of likely N-dealkylation sites (N-methyl/N-ethyl adjacent to an activating group) is 1. The number of carbonyl (C=O) groups is 1. The van der Waals surface area contributed by atoms with Crippen molar-refractivity contribution in [3.8, 4) is 0 Å². The van der Waals surface area contributed by atoms with Crippen LogP contribution < -0.4 is 0 Å². The highest BCUT2D eigenvalue weighted by Gasteiger charge is 2.30. The standard InChI is InChI=1S/C19H28N2O2/c1-20(16-8-3-2-4-9-16)19(23)13-21-12-11-15-7-5-6-10-17(15)18(21)14-22/h5-7,10,16,18,22H,2-4,8-9,11-14H2,1H3. The Morgan fingerprint density at radius 1 is 1.26 bits per heavy atom. The molecule has 23 heavy (non-hydrogen) atoms. The third-order valence-electron chi connectivity index (χ3n) is 5.55. The lowest BCUT2D eigenvalue weighted by Gasteiger charge is -2.38. The van der Waals surface area contributed by atoms with Gasteiger partial charge in [0.15, 0.2) is 0 Å². The third-order valence-corrected chi connectivity index (χ3v) is 5.55. The molecule has 1 heterocycles. The summed E-state index contributed by atoms with van der Waals surface area (Å²) in [5.41, 5.74) is 2.48. The van der Waals surface area contributed by atoms with Gasteiger partial charge >= 0.3 is 0 Å². The number of carbonyl (C=O) groups excluding carboxylic acids is 1. The maximum atomic E-state index is 12.7. The molecular weight excluding hydrogens is 288 g/mol. The quantitative estimate of drug-likeness (QED) is 0.927. The van der Waals surface area contributed by atoms with Crippen LogP contribution in [0.4, 0.5) is 0 Å². The molecule has 2 aliphatic rings. The van der Waals surface area contributed by atoms with Gasteiger partial charge in [0.1, 0.15) is 0 Å². The molecule has 0 saturated heterocycles. The van der Waals surface area contributed by atoms with Crippen LogP contribution in [-0.4, -0.2) is 53.6 Å². The van der Waals surface area contributed by atoms with Gasteiger partial charge in [-0.1, -0.05) is 43.5 Å². The summed E-state index contributed by atoms with van der Waals surface area (Å²) < 4.78 is 0. The van der Waals surface area contributed by atoms with Gasteiger partial charge in [0, 0.05) is 19.6 Å². The Morgan fingerprint density at radius 2 is 2.00 bits per heavy atom. The highest BCUT2D eigenvalue weighted by atomic mass is 16.3. The van der Waals surface area contributed by atoms with Gasteiger partial charge in [-0.15, -0.1) is 0 Å². The molecule has 1 unspecified atom stereocenters. The molecule has 0 aromatic heterocycles. The highest BCUT2D eigenvalue weighted by molar-refractivity contribution is 5.78. The van der Waals surface area contributed by atoms with Crippen molar-refractivity contribution >= 4 is 5.91 Å². The van der Waals surface area contributed by atoms with Crippen LogP contribution in [0.15, 0.2) is 24.3 Å². The third kappa shape index (κ3) is 3.59. The largest absolute Gasteiger partial charge is 0.394 e. The van der Waals surface area contributed by atoms with Crippen molar-refractivity contribution in [3.63, 3.8) is 0 Å². The summed E-state index contributed by atoms with van der Waals surface area (Å²) in [6.45, 7) is 1.32. The molecular formula is C19H28N2O2. The number of hydrogen-bond donors (Lipinski definition) is 1. The van der Waals surface area contributed by atoms with Crippen LogP contribution >= 0.6 is 0 Å². The topological polar surface area (TPSA) is 43.8 Å². The summed E-state index contributed by atoms with van der Waals surface area (Å²) in [6.07, 6.45) is 6.99. The SMILES string of the molecule is CN(C(=O)CN1CCc2ccccc2C1CO)C1CCCCC1. The van der Waals surface area contributed by atoms with E-state index in [0.717, 1.165) is 25.8 Å². The summed E-state index contributed by atoms with van der Waals surface area (Å²) in [7, 11) is 1.95. The monoisotopic (exact) mass is 316 g/mol. The Morgan fingerprint density at radius 3 is 2.74 bits per heavy atom. The first kappa shape index (κ1) is 16.5. The second-order valence-corrected chi connectivity index (χ2v) is 6.91. The van der Waals surface area contributed by atoms with Crippen LogP contribution in [0.1, 0.15) is 49.3 Å². The van der Waals surface area contributed by atoms with E-state index in [-0.39, 0.29) is 18.6 Å². The van der Waals surface area contributed by atoms with Crippen molar-refractivity contribution in [2.75, 3.05) is 26.7 Å². The number of rotatable bonds is 4. The minimum absolute atomic E-state index is 0.0522. The highest BCUT2D eigenvalue weighted by Crippen LogP contribution is 2.29. The second kappa shape index (κ2) is 7.45. The van der Waals surface area contributed by atoms with Crippen LogP contribution in [0.5, 0.6) is 0 Å². The molecule has 0 radical (unpaired) electrons. The van der Waals surface area contributed by atoms with Gasteiger partial charge in [-0.05, 0) is 30.4 Å². The molecule has 126 valence electrons. The summed E-state index contributed by atoms with van der Waals surface area (Å²) in [5, 5.41) is 9.84. The van der Waals surface area contributed by atoms with Crippen molar-refractivity contribution in [2.24, 2.45) is 0 Å². The van der Waals surface area contributed by atoms with E-state index in [1.807, 2.05) is 24.1 Å². The first-order chi connectivity index (χ1) is 11.2. The van der Waals surface area contributed by atoms with Crippen LogP contribution in [0.2, 0.25) is 0 Å². The van der Waals surface area contributed by atoms with Crippen molar-refractivity contribution in [3.05, 3.63) is 35.4 Å². The zero-order chi connectivity index (χ0) is 16.2.